The molecule has 0 N–H and O–H groups in total. The molecule has 1 aliphatic heterocycles. The van der Waals surface area contributed by atoms with Crippen molar-refractivity contribution in [2.45, 2.75) is 6.04 Å². The fourth-order valence-electron chi connectivity index (χ4n) is 3.53. The lowest BCUT2D eigenvalue weighted by Crippen LogP contribution is -2.31. The van der Waals surface area contributed by atoms with Crippen LogP contribution in [0.1, 0.15) is 27.7 Å². The monoisotopic (exact) mass is 451 g/mol. The summed E-state index contributed by atoms with van der Waals surface area (Å²) in [5, 5.41) is 0.342. The number of rotatable bonds is 2. The first kappa shape index (κ1) is 17.7. The molecule has 0 spiro atoms. The van der Waals surface area contributed by atoms with Gasteiger partial charge in [0, 0.05) is 16.9 Å². The van der Waals surface area contributed by atoms with Gasteiger partial charge in [-0.2, -0.15) is 0 Å². The number of carbonyl (C=O) groups is 1. The van der Waals surface area contributed by atoms with Crippen LogP contribution in [0, 0.1) is 5.82 Å². The molecule has 29 heavy (non-hydrogen) atoms. The van der Waals surface area contributed by atoms with Crippen molar-refractivity contribution < 1.29 is 13.6 Å². The fraction of sp³-hybridized carbons (Fsp3) is 0.0476. The SMILES string of the molecule is O=C1c2oc3ccc(Br)cc3c(=O)c2C(c2ccc(F)cc2)N1c1ncccn1. The summed E-state index contributed by atoms with van der Waals surface area (Å²) in [5.41, 5.74) is 0.704. The summed E-state index contributed by atoms with van der Waals surface area (Å²) in [7, 11) is 0. The lowest BCUT2D eigenvalue weighted by atomic mass is 9.98. The maximum atomic E-state index is 13.5. The van der Waals surface area contributed by atoms with Crippen molar-refractivity contribution in [3.8, 4) is 0 Å². The number of amides is 1. The summed E-state index contributed by atoms with van der Waals surface area (Å²) in [4.78, 5) is 36.3. The van der Waals surface area contributed by atoms with Crippen LogP contribution in [0.5, 0.6) is 0 Å². The van der Waals surface area contributed by atoms with E-state index in [4.69, 9.17) is 4.42 Å². The molecule has 8 heteroatoms. The molecule has 4 aromatic rings. The summed E-state index contributed by atoms with van der Waals surface area (Å²) >= 11 is 3.36. The minimum atomic E-state index is -0.833. The Morgan fingerprint density at radius 1 is 1.03 bits per heavy atom. The van der Waals surface area contributed by atoms with E-state index in [2.05, 4.69) is 25.9 Å². The summed E-state index contributed by atoms with van der Waals surface area (Å²) in [5.74, 6) is -0.882. The average molecular weight is 452 g/mol. The van der Waals surface area contributed by atoms with Crippen molar-refractivity contribution in [2.75, 3.05) is 4.90 Å². The number of nitrogens with zero attached hydrogens (tertiary/aromatic N) is 3. The molecule has 1 aliphatic rings. The average Bonchev–Trinajstić information content (AvgIpc) is 3.03. The Morgan fingerprint density at radius 2 is 1.76 bits per heavy atom. The Labute approximate surface area is 171 Å². The van der Waals surface area contributed by atoms with E-state index in [0.29, 0.717) is 21.0 Å². The standard InChI is InChI=1S/C21H11BrFN3O3/c22-12-4-7-15-14(10-12)18(27)16-17(11-2-5-13(23)6-3-11)26(20(28)19(16)29-15)21-24-8-1-9-25-21/h1-10,17H. The van der Waals surface area contributed by atoms with Gasteiger partial charge in [0.1, 0.15) is 11.4 Å². The molecule has 0 saturated carbocycles. The van der Waals surface area contributed by atoms with Crippen molar-refractivity contribution in [1.29, 1.82) is 0 Å². The van der Waals surface area contributed by atoms with E-state index < -0.39 is 17.8 Å². The number of anilines is 1. The number of aromatic nitrogens is 2. The highest BCUT2D eigenvalue weighted by Gasteiger charge is 2.44. The fourth-order valence-corrected chi connectivity index (χ4v) is 3.89. The molecule has 0 bridgehead atoms. The Morgan fingerprint density at radius 3 is 2.48 bits per heavy atom. The predicted molar refractivity (Wildman–Crippen MR) is 107 cm³/mol. The molecule has 0 aliphatic carbocycles. The molecular weight excluding hydrogens is 441 g/mol. The smallest absolute Gasteiger partial charge is 0.297 e. The zero-order valence-corrected chi connectivity index (χ0v) is 16.3. The molecule has 142 valence electrons. The number of halogens is 2. The van der Waals surface area contributed by atoms with Gasteiger partial charge in [-0.3, -0.25) is 14.5 Å². The second-order valence-electron chi connectivity index (χ2n) is 6.49. The van der Waals surface area contributed by atoms with Crippen LogP contribution in [0.3, 0.4) is 0 Å². The molecule has 1 atom stereocenters. The number of fused-ring (bicyclic) bond motifs is 2. The normalized spacial score (nSPS) is 15.7. The first-order chi connectivity index (χ1) is 14.0. The number of hydrogen-bond acceptors (Lipinski definition) is 5. The molecule has 6 nitrogen and oxygen atoms in total. The first-order valence-electron chi connectivity index (χ1n) is 8.67. The quantitative estimate of drug-likeness (QED) is 0.455. The van der Waals surface area contributed by atoms with Gasteiger partial charge in [-0.1, -0.05) is 28.1 Å². The summed E-state index contributed by atoms with van der Waals surface area (Å²) in [6.45, 7) is 0. The minimum absolute atomic E-state index is 0.0633. The molecule has 3 heterocycles. The Balaban J connectivity index is 1.83. The lowest BCUT2D eigenvalue weighted by Gasteiger charge is -2.22. The van der Waals surface area contributed by atoms with Crippen LogP contribution in [-0.2, 0) is 0 Å². The molecule has 2 aromatic heterocycles. The van der Waals surface area contributed by atoms with Gasteiger partial charge in [-0.05, 0) is 42.0 Å². The summed E-state index contributed by atoms with van der Waals surface area (Å²) < 4.78 is 20.1. The van der Waals surface area contributed by atoms with E-state index in [1.807, 2.05) is 0 Å². The van der Waals surface area contributed by atoms with Crippen LogP contribution in [-0.4, -0.2) is 15.9 Å². The van der Waals surface area contributed by atoms with Gasteiger partial charge in [0.05, 0.1) is 17.0 Å². The minimum Gasteiger partial charge on any atom is -0.450 e. The molecule has 0 fully saturated rings. The van der Waals surface area contributed by atoms with Gasteiger partial charge in [0.2, 0.25) is 11.7 Å². The van der Waals surface area contributed by atoms with Crippen molar-refractivity contribution in [3.63, 3.8) is 0 Å². The van der Waals surface area contributed by atoms with E-state index in [9.17, 15) is 14.0 Å². The Hall–Kier alpha value is -3.39. The third-order valence-electron chi connectivity index (χ3n) is 4.79. The predicted octanol–water partition coefficient (Wildman–Crippen LogP) is 4.23. The second kappa shape index (κ2) is 6.59. The Kier molecular flexibility index (Phi) is 4.02. The van der Waals surface area contributed by atoms with Crippen molar-refractivity contribution in [2.24, 2.45) is 0 Å². The van der Waals surface area contributed by atoms with E-state index in [0.717, 1.165) is 0 Å². The lowest BCUT2D eigenvalue weighted by molar-refractivity contribution is 0.0969. The van der Waals surface area contributed by atoms with E-state index >= 15 is 0 Å². The van der Waals surface area contributed by atoms with Crippen molar-refractivity contribution in [3.05, 3.63) is 98.3 Å². The van der Waals surface area contributed by atoms with Crippen LogP contribution < -0.4 is 10.3 Å². The van der Waals surface area contributed by atoms with Gasteiger partial charge in [0.25, 0.3) is 5.91 Å². The van der Waals surface area contributed by atoms with Crippen molar-refractivity contribution >= 4 is 38.8 Å². The highest BCUT2D eigenvalue weighted by atomic mass is 79.9. The van der Waals surface area contributed by atoms with E-state index in [-0.39, 0.29) is 22.7 Å². The van der Waals surface area contributed by atoms with Gasteiger partial charge in [-0.25, -0.2) is 14.4 Å². The van der Waals surface area contributed by atoms with Gasteiger partial charge >= 0.3 is 0 Å². The largest absolute Gasteiger partial charge is 0.450 e. The molecular formula is C21H11BrFN3O3. The highest BCUT2D eigenvalue weighted by molar-refractivity contribution is 9.10. The van der Waals surface area contributed by atoms with Gasteiger partial charge in [0.15, 0.2) is 5.43 Å². The molecule has 2 aromatic carbocycles. The molecule has 5 rings (SSSR count). The van der Waals surface area contributed by atoms with Crippen LogP contribution in [0.25, 0.3) is 11.0 Å². The number of carbonyl (C=O) groups excluding carboxylic acids is 1. The molecule has 1 amide bonds. The molecule has 0 saturated heterocycles. The van der Waals surface area contributed by atoms with E-state index in [1.165, 1.54) is 41.6 Å². The highest BCUT2D eigenvalue weighted by Crippen LogP contribution is 2.40. The topological polar surface area (TPSA) is 76.3 Å². The number of benzene rings is 2. The third kappa shape index (κ3) is 2.75. The van der Waals surface area contributed by atoms with Crippen LogP contribution in [0.4, 0.5) is 10.3 Å². The van der Waals surface area contributed by atoms with E-state index in [1.54, 1.807) is 24.3 Å². The Bertz CT molecular complexity index is 1320. The zero-order valence-electron chi connectivity index (χ0n) is 14.7. The summed E-state index contributed by atoms with van der Waals surface area (Å²) in [6.07, 6.45) is 3.01. The maximum absolute atomic E-state index is 13.5. The van der Waals surface area contributed by atoms with Gasteiger partial charge < -0.3 is 4.42 Å². The van der Waals surface area contributed by atoms with Crippen LogP contribution in [0.15, 0.2) is 74.6 Å². The molecule has 0 radical (unpaired) electrons. The summed E-state index contributed by atoms with van der Waals surface area (Å²) in [6, 6.07) is 11.4. The van der Waals surface area contributed by atoms with Crippen molar-refractivity contribution in [1.82, 2.24) is 9.97 Å². The molecule has 1 unspecified atom stereocenters. The second-order valence-corrected chi connectivity index (χ2v) is 7.41. The van der Waals surface area contributed by atoms with Crippen LogP contribution in [0.2, 0.25) is 0 Å². The zero-order chi connectivity index (χ0) is 20.1. The first-order valence-corrected chi connectivity index (χ1v) is 9.46. The van der Waals surface area contributed by atoms with Gasteiger partial charge in [-0.15, -0.1) is 0 Å². The third-order valence-corrected chi connectivity index (χ3v) is 5.28. The maximum Gasteiger partial charge on any atom is 0.297 e. The van der Waals surface area contributed by atoms with Crippen LogP contribution >= 0.6 is 15.9 Å². The number of hydrogen-bond donors (Lipinski definition) is 0.